The van der Waals surface area contributed by atoms with Crippen LogP contribution in [0.25, 0.3) is 0 Å². The van der Waals surface area contributed by atoms with Crippen molar-refractivity contribution < 1.29 is 19.4 Å². The van der Waals surface area contributed by atoms with Gasteiger partial charge in [0, 0.05) is 51.2 Å². The number of carbonyl (C=O) groups is 2. The monoisotopic (exact) mass is 424 g/mol. The quantitative estimate of drug-likeness (QED) is 0.637. The lowest BCUT2D eigenvalue weighted by Gasteiger charge is -2.41. The lowest BCUT2D eigenvalue weighted by molar-refractivity contribution is -0.137. The summed E-state index contributed by atoms with van der Waals surface area (Å²) in [6.45, 7) is 16.0. The molecule has 1 unspecified atom stereocenters. The number of likely N-dealkylation sites (tertiary alicyclic amines) is 1. The van der Waals surface area contributed by atoms with Gasteiger partial charge in [-0.2, -0.15) is 0 Å². The van der Waals surface area contributed by atoms with Crippen molar-refractivity contribution in [3.05, 3.63) is 0 Å². The molecule has 0 spiro atoms. The second-order valence-corrected chi connectivity index (χ2v) is 10.2. The predicted octanol–water partition coefficient (Wildman–Crippen LogP) is 1.80. The summed E-state index contributed by atoms with van der Waals surface area (Å²) in [5, 5.41) is 8.76. The van der Waals surface area contributed by atoms with Crippen LogP contribution in [0.3, 0.4) is 0 Å². The van der Waals surface area contributed by atoms with Crippen molar-refractivity contribution >= 4 is 12.1 Å². The van der Waals surface area contributed by atoms with Crippen LogP contribution >= 0.6 is 0 Å². The van der Waals surface area contributed by atoms with Crippen LogP contribution < -0.4 is 0 Å². The van der Waals surface area contributed by atoms with Gasteiger partial charge < -0.3 is 19.6 Å². The Morgan fingerprint density at radius 1 is 1.03 bits per heavy atom. The number of carboxylic acid groups (broad SMARTS) is 1. The Balaban J connectivity index is 1.34. The molecular weight excluding hydrogens is 384 g/mol. The number of hydrogen-bond acceptors (Lipinski definition) is 6. The van der Waals surface area contributed by atoms with E-state index in [4.69, 9.17) is 9.84 Å². The Bertz CT molecular complexity index is 578. The molecule has 0 aliphatic carbocycles. The molecule has 3 saturated heterocycles. The van der Waals surface area contributed by atoms with Gasteiger partial charge in [0.05, 0.1) is 6.54 Å². The zero-order valence-electron chi connectivity index (χ0n) is 19.0. The van der Waals surface area contributed by atoms with Gasteiger partial charge in [0.25, 0.3) is 0 Å². The predicted molar refractivity (Wildman–Crippen MR) is 116 cm³/mol. The highest BCUT2D eigenvalue weighted by Crippen LogP contribution is 2.26. The van der Waals surface area contributed by atoms with Crippen LogP contribution in [0, 0.1) is 5.92 Å². The minimum Gasteiger partial charge on any atom is -0.481 e. The molecule has 8 heteroatoms. The summed E-state index contributed by atoms with van der Waals surface area (Å²) < 4.78 is 5.67. The molecule has 0 bridgehead atoms. The molecule has 3 aliphatic heterocycles. The summed E-state index contributed by atoms with van der Waals surface area (Å²) in [7, 11) is 0. The van der Waals surface area contributed by atoms with Crippen molar-refractivity contribution in [2.24, 2.45) is 5.92 Å². The minimum absolute atomic E-state index is 0.0364. The zero-order valence-corrected chi connectivity index (χ0v) is 19.0. The fourth-order valence-electron chi connectivity index (χ4n) is 4.85. The maximum atomic E-state index is 12.4. The molecule has 1 atom stereocenters. The van der Waals surface area contributed by atoms with Gasteiger partial charge in [-0.05, 0) is 65.6 Å². The summed E-state index contributed by atoms with van der Waals surface area (Å²) in [5.74, 6) is -0.148. The molecule has 30 heavy (non-hydrogen) atoms. The second kappa shape index (κ2) is 10.3. The molecule has 172 valence electrons. The first kappa shape index (κ1) is 23.3. The third kappa shape index (κ3) is 6.82. The van der Waals surface area contributed by atoms with Crippen LogP contribution in [-0.4, -0.2) is 114 Å². The number of carbonyl (C=O) groups excluding carboxylic acids is 1. The Kier molecular flexibility index (Phi) is 7.98. The van der Waals surface area contributed by atoms with E-state index >= 15 is 0 Å². The van der Waals surface area contributed by atoms with E-state index in [1.807, 2.05) is 4.90 Å². The molecular formula is C22H40N4O4. The topological polar surface area (TPSA) is 76.6 Å². The Morgan fingerprint density at radius 3 is 2.27 bits per heavy atom. The molecule has 3 fully saturated rings. The fourth-order valence-corrected chi connectivity index (χ4v) is 4.85. The second-order valence-electron chi connectivity index (χ2n) is 10.2. The molecule has 0 aromatic rings. The molecule has 0 aromatic carbocycles. The zero-order chi connectivity index (χ0) is 21.7. The van der Waals surface area contributed by atoms with Gasteiger partial charge in [-0.1, -0.05) is 0 Å². The summed E-state index contributed by atoms with van der Waals surface area (Å²) in [6.07, 6.45) is 3.06. The van der Waals surface area contributed by atoms with Crippen molar-refractivity contribution in [3.8, 4) is 0 Å². The number of piperidine rings is 1. The number of rotatable bonds is 8. The van der Waals surface area contributed by atoms with Crippen LogP contribution in [0.15, 0.2) is 0 Å². The van der Waals surface area contributed by atoms with Gasteiger partial charge in [-0.25, -0.2) is 4.79 Å². The SMILES string of the molecule is CC(C)(C)N1CCC(CN2CC(CN3CCN(CCCC(=O)O)CC3)OC2=O)CC1. The molecule has 3 heterocycles. The molecule has 3 aliphatic rings. The molecule has 1 amide bonds. The van der Waals surface area contributed by atoms with E-state index in [2.05, 4.69) is 35.5 Å². The smallest absolute Gasteiger partial charge is 0.410 e. The van der Waals surface area contributed by atoms with Crippen molar-refractivity contribution in [3.63, 3.8) is 0 Å². The van der Waals surface area contributed by atoms with E-state index in [9.17, 15) is 9.59 Å². The molecule has 1 N–H and O–H groups in total. The number of piperazine rings is 1. The van der Waals surface area contributed by atoms with Gasteiger partial charge in [0.1, 0.15) is 6.10 Å². The van der Waals surface area contributed by atoms with Gasteiger partial charge in [0.2, 0.25) is 0 Å². The van der Waals surface area contributed by atoms with Crippen LogP contribution in [0.2, 0.25) is 0 Å². The van der Waals surface area contributed by atoms with E-state index < -0.39 is 5.97 Å². The Labute approximate surface area is 181 Å². The van der Waals surface area contributed by atoms with Gasteiger partial charge >= 0.3 is 12.1 Å². The van der Waals surface area contributed by atoms with Gasteiger partial charge in [-0.15, -0.1) is 0 Å². The lowest BCUT2D eigenvalue weighted by Crippen LogP contribution is -2.49. The van der Waals surface area contributed by atoms with Crippen molar-refractivity contribution in [2.45, 2.75) is 58.1 Å². The minimum atomic E-state index is -0.721. The van der Waals surface area contributed by atoms with E-state index in [-0.39, 0.29) is 24.2 Å². The fraction of sp³-hybridized carbons (Fsp3) is 0.909. The van der Waals surface area contributed by atoms with E-state index in [1.165, 1.54) is 0 Å². The normalized spacial score (nSPS) is 25.6. The largest absolute Gasteiger partial charge is 0.481 e. The third-order valence-corrected chi connectivity index (χ3v) is 6.78. The van der Waals surface area contributed by atoms with Crippen LogP contribution in [0.4, 0.5) is 4.79 Å². The maximum Gasteiger partial charge on any atom is 0.410 e. The van der Waals surface area contributed by atoms with Crippen LogP contribution in [0.1, 0.15) is 46.5 Å². The van der Waals surface area contributed by atoms with Crippen molar-refractivity contribution in [2.75, 3.05) is 65.4 Å². The highest BCUT2D eigenvalue weighted by atomic mass is 16.6. The highest BCUT2D eigenvalue weighted by molar-refractivity contribution is 5.70. The van der Waals surface area contributed by atoms with E-state index in [0.29, 0.717) is 18.9 Å². The molecule has 8 nitrogen and oxygen atoms in total. The summed E-state index contributed by atoms with van der Waals surface area (Å²) in [6, 6.07) is 0. The number of cyclic esters (lactones) is 1. The highest BCUT2D eigenvalue weighted by Gasteiger charge is 2.35. The number of nitrogens with zero attached hydrogens (tertiary/aromatic N) is 4. The third-order valence-electron chi connectivity index (χ3n) is 6.78. The van der Waals surface area contributed by atoms with Gasteiger partial charge in [-0.3, -0.25) is 14.6 Å². The van der Waals surface area contributed by atoms with Crippen molar-refractivity contribution in [1.29, 1.82) is 0 Å². The Morgan fingerprint density at radius 2 is 1.67 bits per heavy atom. The summed E-state index contributed by atoms with van der Waals surface area (Å²) in [5.41, 5.74) is 0.225. The van der Waals surface area contributed by atoms with Crippen molar-refractivity contribution in [1.82, 2.24) is 19.6 Å². The summed E-state index contributed by atoms with van der Waals surface area (Å²) in [4.78, 5) is 32.2. The van der Waals surface area contributed by atoms with E-state index in [0.717, 1.165) is 71.7 Å². The molecule has 0 saturated carbocycles. The lowest BCUT2D eigenvalue weighted by atomic mass is 9.92. The Hall–Kier alpha value is -1.38. The summed E-state index contributed by atoms with van der Waals surface area (Å²) >= 11 is 0. The van der Waals surface area contributed by atoms with Gasteiger partial charge in [0.15, 0.2) is 0 Å². The standard InChI is InChI=1S/C22H40N4O4/c1-22(2,3)26-9-6-18(7-10-26)15-25-17-19(30-21(25)29)16-24-13-11-23(12-14-24)8-4-5-20(27)28/h18-19H,4-17H2,1-3H3,(H,27,28). The van der Waals surface area contributed by atoms with Crippen LogP contribution in [0.5, 0.6) is 0 Å². The first-order valence-electron chi connectivity index (χ1n) is 11.6. The number of hydrogen-bond donors (Lipinski definition) is 1. The number of aliphatic carboxylic acids is 1. The molecule has 3 rings (SSSR count). The first-order chi connectivity index (χ1) is 14.2. The number of ether oxygens (including phenoxy) is 1. The average molecular weight is 425 g/mol. The average Bonchev–Trinajstić information content (AvgIpc) is 3.01. The molecule has 0 aromatic heterocycles. The maximum absolute atomic E-state index is 12.4. The number of carboxylic acids is 1. The van der Waals surface area contributed by atoms with Crippen LogP contribution in [-0.2, 0) is 9.53 Å². The molecule has 0 radical (unpaired) electrons. The van der Waals surface area contributed by atoms with E-state index in [1.54, 1.807) is 0 Å². The first-order valence-corrected chi connectivity index (χ1v) is 11.6. The number of amides is 1.